The molecule has 0 rings (SSSR count). The Morgan fingerprint density at radius 3 is 1.42 bits per heavy atom. The van der Waals surface area contributed by atoms with E-state index in [1.807, 2.05) is 0 Å². The van der Waals surface area contributed by atoms with E-state index in [1.165, 1.54) is 90.0 Å². The van der Waals surface area contributed by atoms with Crippen LogP contribution < -0.4 is 17.0 Å². The summed E-state index contributed by atoms with van der Waals surface area (Å²) in [5, 5.41) is 10.0. The summed E-state index contributed by atoms with van der Waals surface area (Å²) in [6.45, 7) is 3.54. The largest absolute Gasteiger partial charge is 1.00 e. The van der Waals surface area contributed by atoms with Crippen molar-refractivity contribution >= 4 is 0 Å². The zero-order valence-corrected chi connectivity index (χ0v) is 18.7. The van der Waals surface area contributed by atoms with Crippen molar-refractivity contribution in [2.45, 2.75) is 109 Å². The maximum absolute atomic E-state index is 10.0. The fraction of sp³-hybridized carbons (Fsp3) is 1.00. The lowest BCUT2D eigenvalue weighted by atomic mass is 10.0. The van der Waals surface area contributed by atoms with Crippen molar-refractivity contribution < 1.29 is 26.6 Å². The van der Waals surface area contributed by atoms with E-state index >= 15 is 0 Å². The molecular weight excluding hydrogens is 362 g/mol. The number of aliphatic hydroxyl groups is 1. The van der Waals surface area contributed by atoms with Gasteiger partial charge in [-0.2, -0.15) is 0 Å². The van der Waals surface area contributed by atoms with Crippen molar-refractivity contribution in [3.63, 3.8) is 0 Å². The van der Waals surface area contributed by atoms with Crippen LogP contribution in [0.25, 0.3) is 0 Å². The second-order valence-electron chi connectivity index (χ2n) is 8.49. The Balaban J connectivity index is 0. The number of halogens is 1. The summed E-state index contributed by atoms with van der Waals surface area (Å²) < 4.78 is 1.07. The quantitative estimate of drug-likeness (QED) is 0.290. The minimum Gasteiger partial charge on any atom is -1.00 e. The van der Waals surface area contributed by atoms with Crippen LogP contribution in [0.1, 0.15) is 103 Å². The summed E-state index contributed by atoms with van der Waals surface area (Å²) in [7, 11) is 6.78. The summed E-state index contributed by atoms with van der Waals surface area (Å²) in [6, 6.07) is 0. The highest BCUT2D eigenvalue weighted by molar-refractivity contribution is 4.57. The van der Waals surface area contributed by atoms with E-state index in [9.17, 15) is 5.11 Å². The lowest BCUT2D eigenvalue weighted by Crippen LogP contribution is -3.00. The van der Waals surface area contributed by atoms with Gasteiger partial charge >= 0.3 is 0 Å². The molecular formula is C21H46BrNO. The highest BCUT2D eigenvalue weighted by Crippen LogP contribution is 2.14. The molecule has 2 nitrogen and oxygen atoms in total. The van der Waals surface area contributed by atoms with Crippen LogP contribution in [0.3, 0.4) is 0 Å². The molecule has 1 unspecified atom stereocenters. The zero-order valence-electron chi connectivity index (χ0n) is 17.2. The first-order chi connectivity index (χ1) is 11.0. The monoisotopic (exact) mass is 407 g/mol. The van der Waals surface area contributed by atoms with Crippen LogP contribution in [-0.2, 0) is 0 Å². The van der Waals surface area contributed by atoms with Gasteiger partial charge in [0.2, 0.25) is 0 Å². The number of nitrogens with zero attached hydrogens (tertiary/aromatic N) is 1. The van der Waals surface area contributed by atoms with Gasteiger partial charge in [-0.05, 0) is 25.7 Å². The molecule has 0 saturated carbocycles. The first-order valence-corrected chi connectivity index (χ1v) is 10.4. The molecule has 0 aromatic carbocycles. The van der Waals surface area contributed by atoms with Crippen molar-refractivity contribution in [2.24, 2.45) is 0 Å². The van der Waals surface area contributed by atoms with Crippen LogP contribution >= 0.6 is 0 Å². The van der Waals surface area contributed by atoms with Crippen molar-refractivity contribution in [1.29, 1.82) is 0 Å². The normalized spacial score (nSPS) is 12.9. The van der Waals surface area contributed by atoms with E-state index in [0.717, 1.165) is 17.3 Å². The highest BCUT2D eigenvalue weighted by atomic mass is 79.9. The number of hydrogen-bond donors (Lipinski definition) is 1. The topological polar surface area (TPSA) is 20.2 Å². The first kappa shape index (κ1) is 26.6. The van der Waals surface area contributed by atoms with Crippen LogP contribution in [0.2, 0.25) is 0 Å². The molecule has 3 heteroatoms. The van der Waals surface area contributed by atoms with Gasteiger partial charge in [-0.25, -0.2) is 0 Å². The first-order valence-electron chi connectivity index (χ1n) is 10.4. The predicted molar refractivity (Wildman–Crippen MR) is 104 cm³/mol. The third kappa shape index (κ3) is 22.4. The summed E-state index contributed by atoms with van der Waals surface area (Å²) >= 11 is 0. The van der Waals surface area contributed by atoms with Crippen molar-refractivity contribution in [2.75, 3.05) is 27.7 Å². The second-order valence-corrected chi connectivity index (χ2v) is 8.49. The fourth-order valence-electron chi connectivity index (χ4n) is 3.15. The Labute approximate surface area is 163 Å². The van der Waals surface area contributed by atoms with E-state index in [2.05, 4.69) is 28.1 Å². The van der Waals surface area contributed by atoms with Gasteiger partial charge in [0.25, 0.3) is 0 Å². The third-order valence-electron chi connectivity index (χ3n) is 4.76. The smallest absolute Gasteiger partial charge is 0.0780 e. The number of quaternary nitrogens is 1. The molecule has 0 aliphatic heterocycles. The Morgan fingerprint density at radius 1 is 0.625 bits per heavy atom. The van der Waals surface area contributed by atoms with Gasteiger partial charge in [-0.3, -0.25) is 0 Å². The van der Waals surface area contributed by atoms with Crippen LogP contribution in [0, 0.1) is 0 Å². The molecule has 0 bridgehead atoms. The fourth-order valence-corrected chi connectivity index (χ4v) is 3.15. The molecule has 0 heterocycles. The molecule has 1 N–H and O–H groups in total. The molecule has 24 heavy (non-hydrogen) atoms. The van der Waals surface area contributed by atoms with Gasteiger partial charge in [-0.15, -0.1) is 0 Å². The molecule has 1 atom stereocenters. The Morgan fingerprint density at radius 2 is 1.00 bits per heavy atom. The minimum atomic E-state index is -0.0436. The summed E-state index contributed by atoms with van der Waals surface area (Å²) in [5.41, 5.74) is 0. The molecule has 0 spiro atoms. The van der Waals surface area contributed by atoms with Gasteiger partial charge in [0.15, 0.2) is 0 Å². The van der Waals surface area contributed by atoms with Crippen LogP contribution in [0.15, 0.2) is 0 Å². The van der Waals surface area contributed by atoms with E-state index in [1.54, 1.807) is 0 Å². The molecule has 0 aliphatic carbocycles. The second kappa shape index (κ2) is 18.2. The van der Waals surface area contributed by atoms with E-state index in [-0.39, 0.29) is 23.1 Å². The molecule has 0 aromatic heterocycles. The maximum atomic E-state index is 10.0. The van der Waals surface area contributed by atoms with Gasteiger partial charge in [0.1, 0.15) is 0 Å². The Bertz CT molecular complexity index is 240. The van der Waals surface area contributed by atoms with Crippen molar-refractivity contribution in [3.8, 4) is 0 Å². The molecule has 0 aromatic rings. The van der Waals surface area contributed by atoms with Gasteiger partial charge in [0.05, 0.1) is 33.8 Å². The summed E-state index contributed by atoms with van der Waals surface area (Å²) in [5.74, 6) is 0. The zero-order chi connectivity index (χ0) is 17.4. The number of rotatable bonds is 17. The average molecular weight is 409 g/mol. The van der Waals surface area contributed by atoms with Crippen LogP contribution in [0.4, 0.5) is 0 Å². The molecule has 148 valence electrons. The minimum absolute atomic E-state index is 0. The van der Waals surface area contributed by atoms with Crippen LogP contribution in [0.5, 0.6) is 0 Å². The van der Waals surface area contributed by atoms with Gasteiger partial charge < -0.3 is 26.6 Å². The van der Waals surface area contributed by atoms with E-state index in [0.29, 0.717) is 0 Å². The lowest BCUT2D eigenvalue weighted by Gasteiger charge is -2.23. The van der Waals surface area contributed by atoms with Gasteiger partial charge in [-0.1, -0.05) is 77.6 Å². The SMILES string of the molecule is CCCCCCCCCCCC(O)CCCCCC[N+](C)(C)C.[Br-]. The summed E-state index contributed by atoms with van der Waals surface area (Å²) in [6.07, 6.45) is 19.4. The number of unbranched alkanes of at least 4 members (excludes halogenated alkanes) is 11. The Hall–Kier alpha value is 0.400. The third-order valence-corrected chi connectivity index (χ3v) is 4.76. The molecule has 0 amide bonds. The Kier molecular flexibility index (Phi) is 20.2. The van der Waals surface area contributed by atoms with Gasteiger partial charge in [0, 0.05) is 0 Å². The molecule has 0 fully saturated rings. The highest BCUT2D eigenvalue weighted by Gasteiger charge is 2.06. The number of aliphatic hydroxyl groups excluding tert-OH is 1. The average Bonchev–Trinajstić information content (AvgIpc) is 2.48. The van der Waals surface area contributed by atoms with E-state index in [4.69, 9.17) is 0 Å². The molecule has 0 radical (unpaired) electrons. The van der Waals surface area contributed by atoms with Crippen LogP contribution in [-0.4, -0.2) is 43.4 Å². The standard InChI is InChI=1S/C21H46NO.BrH/c1-5-6-7-8-9-10-11-12-15-18-21(23)19-16-13-14-17-20-22(2,3)4;/h21,23H,5-20H2,1-4H3;1H/q+1;/p-1. The predicted octanol–water partition coefficient (Wildman–Crippen LogP) is 2.93. The molecule has 0 aliphatic rings. The maximum Gasteiger partial charge on any atom is 0.0780 e. The summed E-state index contributed by atoms with van der Waals surface area (Å²) in [4.78, 5) is 0. The van der Waals surface area contributed by atoms with E-state index < -0.39 is 0 Å². The van der Waals surface area contributed by atoms with Crippen molar-refractivity contribution in [1.82, 2.24) is 0 Å². The number of hydrogen-bond acceptors (Lipinski definition) is 1. The lowest BCUT2D eigenvalue weighted by molar-refractivity contribution is -0.870. The van der Waals surface area contributed by atoms with Crippen molar-refractivity contribution in [3.05, 3.63) is 0 Å². The molecule has 0 saturated heterocycles.